The summed E-state index contributed by atoms with van der Waals surface area (Å²) in [5, 5.41) is 10.6. The van der Waals surface area contributed by atoms with Crippen LogP contribution in [0.5, 0.6) is 0 Å². The molecule has 0 radical (unpaired) electrons. The zero-order chi connectivity index (χ0) is 16.4. The number of H-pyrrole nitrogens is 1. The van der Waals surface area contributed by atoms with Gasteiger partial charge in [0, 0.05) is 23.8 Å². The van der Waals surface area contributed by atoms with Crippen LogP contribution in [0.4, 0.5) is 5.95 Å². The first-order chi connectivity index (χ1) is 11.8. The minimum absolute atomic E-state index is 0.163. The van der Waals surface area contributed by atoms with Crippen LogP contribution >= 0.6 is 11.3 Å². The standard InChI is InChI=1S/C16H13N5O2S/c22-13(19-16-17-11-3-1-2-4-12(11)18-16)5-6-14-20-15(21-23-14)10-7-8-24-9-10/h1-4,7-9H,5-6H2,(H2,17,18,19,22). The van der Waals surface area contributed by atoms with Crippen LogP contribution in [0.1, 0.15) is 12.3 Å². The van der Waals surface area contributed by atoms with Crippen LogP contribution in [-0.4, -0.2) is 26.0 Å². The van der Waals surface area contributed by atoms with Crippen LogP contribution in [0, 0.1) is 0 Å². The lowest BCUT2D eigenvalue weighted by molar-refractivity contribution is -0.116. The molecular formula is C16H13N5O2S. The molecule has 3 heterocycles. The number of nitrogens with zero attached hydrogens (tertiary/aromatic N) is 3. The summed E-state index contributed by atoms with van der Waals surface area (Å²) >= 11 is 1.57. The lowest BCUT2D eigenvalue weighted by atomic mass is 10.3. The fraction of sp³-hybridized carbons (Fsp3) is 0.125. The molecule has 0 unspecified atom stereocenters. The number of aromatic amines is 1. The molecule has 0 aliphatic heterocycles. The van der Waals surface area contributed by atoms with E-state index in [1.54, 1.807) is 11.3 Å². The summed E-state index contributed by atoms with van der Waals surface area (Å²) in [7, 11) is 0. The Morgan fingerprint density at radius 1 is 1.25 bits per heavy atom. The Kier molecular flexibility index (Phi) is 3.80. The monoisotopic (exact) mass is 339 g/mol. The molecule has 2 N–H and O–H groups in total. The number of imidazole rings is 1. The highest BCUT2D eigenvalue weighted by molar-refractivity contribution is 7.08. The van der Waals surface area contributed by atoms with Crippen LogP contribution in [0.25, 0.3) is 22.4 Å². The molecule has 4 aromatic rings. The molecule has 120 valence electrons. The summed E-state index contributed by atoms with van der Waals surface area (Å²) in [6, 6.07) is 9.52. The summed E-state index contributed by atoms with van der Waals surface area (Å²) in [5.41, 5.74) is 2.61. The summed E-state index contributed by atoms with van der Waals surface area (Å²) in [4.78, 5) is 23.7. The molecule has 0 saturated heterocycles. The van der Waals surface area contributed by atoms with Gasteiger partial charge in [-0.15, -0.1) is 0 Å². The Balaban J connectivity index is 1.36. The summed E-state index contributed by atoms with van der Waals surface area (Å²) in [5.74, 6) is 1.26. The third-order valence-corrected chi connectivity index (χ3v) is 4.14. The number of nitrogens with one attached hydrogen (secondary N) is 2. The van der Waals surface area contributed by atoms with Crippen molar-refractivity contribution in [3.05, 3.63) is 47.0 Å². The Morgan fingerprint density at radius 2 is 2.17 bits per heavy atom. The quantitative estimate of drug-likeness (QED) is 0.582. The van der Waals surface area contributed by atoms with Crippen molar-refractivity contribution in [2.24, 2.45) is 0 Å². The van der Waals surface area contributed by atoms with Gasteiger partial charge in [-0.3, -0.25) is 10.1 Å². The number of anilines is 1. The fourth-order valence-corrected chi connectivity index (χ4v) is 2.93. The molecule has 0 bridgehead atoms. The molecule has 1 amide bonds. The molecule has 0 spiro atoms. The number of aromatic nitrogens is 4. The number of carbonyl (C=O) groups excluding carboxylic acids is 1. The van der Waals surface area contributed by atoms with Crippen molar-refractivity contribution in [3.63, 3.8) is 0 Å². The fourth-order valence-electron chi connectivity index (χ4n) is 2.29. The van der Waals surface area contributed by atoms with Crippen LogP contribution in [0.2, 0.25) is 0 Å². The minimum Gasteiger partial charge on any atom is -0.339 e. The second-order valence-corrected chi connectivity index (χ2v) is 5.95. The van der Waals surface area contributed by atoms with E-state index in [2.05, 4.69) is 25.4 Å². The van der Waals surface area contributed by atoms with Crippen LogP contribution in [0.15, 0.2) is 45.6 Å². The van der Waals surface area contributed by atoms with Gasteiger partial charge < -0.3 is 9.51 Å². The van der Waals surface area contributed by atoms with Gasteiger partial charge >= 0.3 is 0 Å². The summed E-state index contributed by atoms with van der Waals surface area (Å²) in [6.45, 7) is 0. The number of aryl methyl sites for hydroxylation is 1. The van der Waals surface area contributed by atoms with E-state index in [1.165, 1.54) is 0 Å². The van der Waals surface area contributed by atoms with E-state index < -0.39 is 0 Å². The summed E-state index contributed by atoms with van der Waals surface area (Å²) < 4.78 is 5.18. The van der Waals surface area contributed by atoms with E-state index >= 15 is 0 Å². The Labute approximate surface area is 140 Å². The van der Waals surface area contributed by atoms with Crippen LogP contribution in [0.3, 0.4) is 0 Å². The minimum atomic E-state index is -0.163. The maximum absolute atomic E-state index is 12.0. The summed E-state index contributed by atoms with van der Waals surface area (Å²) in [6.07, 6.45) is 0.617. The first kappa shape index (κ1) is 14.6. The number of carbonyl (C=O) groups is 1. The predicted molar refractivity (Wildman–Crippen MR) is 90.7 cm³/mol. The number of hydrogen-bond donors (Lipinski definition) is 2. The highest BCUT2D eigenvalue weighted by Gasteiger charge is 2.12. The van der Waals surface area contributed by atoms with Gasteiger partial charge in [0.05, 0.1) is 11.0 Å². The van der Waals surface area contributed by atoms with E-state index in [0.29, 0.717) is 24.1 Å². The number of hydrogen-bond acceptors (Lipinski definition) is 6. The van der Waals surface area contributed by atoms with Crippen molar-refractivity contribution >= 4 is 34.2 Å². The van der Waals surface area contributed by atoms with Gasteiger partial charge in [0.25, 0.3) is 0 Å². The molecule has 0 aliphatic carbocycles. The van der Waals surface area contributed by atoms with Crippen LogP contribution < -0.4 is 5.32 Å². The van der Waals surface area contributed by atoms with E-state index in [4.69, 9.17) is 4.52 Å². The van der Waals surface area contributed by atoms with Crippen molar-refractivity contribution in [1.82, 2.24) is 20.1 Å². The normalized spacial score (nSPS) is 11.0. The molecule has 7 nitrogen and oxygen atoms in total. The average molecular weight is 339 g/mol. The molecule has 3 aromatic heterocycles. The number of amides is 1. The number of fused-ring (bicyclic) bond motifs is 1. The third kappa shape index (κ3) is 3.04. The van der Waals surface area contributed by atoms with Crippen molar-refractivity contribution in [1.29, 1.82) is 0 Å². The zero-order valence-electron chi connectivity index (χ0n) is 12.5. The van der Waals surface area contributed by atoms with E-state index in [9.17, 15) is 4.79 Å². The van der Waals surface area contributed by atoms with Crippen molar-refractivity contribution < 1.29 is 9.32 Å². The lowest BCUT2D eigenvalue weighted by Crippen LogP contribution is -2.13. The van der Waals surface area contributed by atoms with Gasteiger partial charge in [0.2, 0.25) is 23.6 Å². The molecule has 0 atom stereocenters. The van der Waals surface area contributed by atoms with Gasteiger partial charge in [0.15, 0.2) is 0 Å². The smallest absolute Gasteiger partial charge is 0.227 e. The van der Waals surface area contributed by atoms with Crippen molar-refractivity contribution in [2.75, 3.05) is 5.32 Å². The van der Waals surface area contributed by atoms with Gasteiger partial charge in [0.1, 0.15) is 0 Å². The predicted octanol–water partition coefficient (Wildman–Crippen LogP) is 3.25. The third-order valence-electron chi connectivity index (χ3n) is 3.46. The highest BCUT2D eigenvalue weighted by atomic mass is 32.1. The Hall–Kier alpha value is -3.00. The number of benzene rings is 1. The molecule has 1 aromatic carbocycles. The molecule has 8 heteroatoms. The highest BCUT2D eigenvalue weighted by Crippen LogP contribution is 2.19. The second kappa shape index (κ2) is 6.25. The topological polar surface area (TPSA) is 96.7 Å². The lowest BCUT2D eigenvalue weighted by Gasteiger charge is -1.99. The average Bonchev–Trinajstić information content (AvgIpc) is 3.31. The van der Waals surface area contributed by atoms with E-state index in [-0.39, 0.29) is 12.3 Å². The maximum Gasteiger partial charge on any atom is 0.227 e. The Morgan fingerprint density at radius 3 is 3.00 bits per heavy atom. The molecule has 0 aliphatic rings. The van der Waals surface area contributed by atoms with Crippen molar-refractivity contribution in [2.45, 2.75) is 12.8 Å². The molecule has 24 heavy (non-hydrogen) atoms. The molecular weight excluding hydrogens is 326 g/mol. The SMILES string of the molecule is O=C(CCc1nc(-c2ccsc2)no1)Nc1nc2ccccc2[nH]1. The van der Waals surface area contributed by atoms with Gasteiger partial charge in [-0.05, 0) is 23.6 Å². The first-order valence-electron chi connectivity index (χ1n) is 7.38. The van der Waals surface area contributed by atoms with E-state index in [1.807, 2.05) is 41.1 Å². The Bertz CT molecular complexity index is 940. The largest absolute Gasteiger partial charge is 0.339 e. The van der Waals surface area contributed by atoms with Gasteiger partial charge in [-0.25, -0.2) is 4.98 Å². The number of rotatable bonds is 5. The first-order valence-corrected chi connectivity index (χ1v) is 8.32. The molecule has 0 fully saturated rings. The molecule has 0 saturated carbocycles. The van der Waals surface area contributed by atoms with Gasteiger partial charge in [-0.1, -0.05) is 17.3 Å². The maximum atomic E-state index is 12.0. The molecule has 4 rings (SSSR count). The van der Waals surface area contributed by atoms with Crippen LogP contribution in [-0.2, 0) is 11.2 Å². The zero-order valence-corrected chi connectivity index (χ0v) is 13.3. The van der Waals surface area contributed by atoms with Crippen molar-refractivity contribution in [3.8, 4) is 11.4 Å². The number of thiophene rings is 1. The number of para-hydroxylation sites is 2. The van der Waals surface area contributed by atoms with Gasteiger partial charge in [-0.2, -0.15) is 16.3 Å². The van der Waals surface area contributed by atoms with E-state index in [0.717, 1.165) is 16.6 Å². The second-order valence-electron chi connectivity index (χ2n) is 5.17.